The van der Waals surface area contributed by atoms with Gasteiger partial charge in [-0.1, -0.05) is 24.4 Å². The molecule has 6 heteroatoms. The van der Waals surface area contributed by atoms with Gasteiger partial charge in [-0.2, -0.15) is 0 Å². The molecule has 1 aliphatic carbocycles. The number of carbonyl (C=O) groups is 1. The number of nitrogens with zero attached hydrogens (tertiary/aromatic N) is 1. The lowest BCUT2D eigenvalue weighted by Crippen LogP contribution is -2.43. The van der Waals surface area contributed by atoms with Crippen molar-refractivity contribution in [2.24, 2.45) is 0 Å². The second kappa shape index (κ2) is 8.80. The van der Waals surface area contributed by atoms with Gasteiger partial charge in [0.25, 0.3) is 5.91 Å². The summed E-state index contributed by atoms with van der Waals surface area (Å²) in [7, 11) is 0. The number of carbonyl (C=O) groups excluding carboxylic acids is 1. The first-order valence-corrected chi connectivity index (χ1v) is 10.7. The smallest absolute Gasteiger partial charge is 0.255 e. The number of hydrogen-bond donors (Lipinski definition) is 1. The van der Waals surface area contributed by atoms with Crippen LogP contribution in [0.15, 0.2) is 18.2 Å². The number of rotatable bonds is 5. The fraction of sp³-hybridized carbons (Fsp3) is 0.667. The molecule has 1 amide bonds. The molecule has 2 aliphatic heterocycles. The Morgan fingerprint density at radius 2 is 1.93 bits per heavy atom. The summed E-state index contributed by atoms with van der Waals surface area (Å²) in [6.07, 6.45) is 8.46. The van der Waals surface area contributed by atoms with Gasteiger partial charge in [-0.05, 0) is 50.3 Å². The molecule has 1 unspecified atom stereocenters. The van der Waals surface area contributed by atoms with Crippen LogP contribution in [0.4, 0.5) is 0 Å². The lowest BCUT2D eigenvalue weighted by atomic mass is 10.0. The third-order valence-corrected chi connectivity index (χ3v) is 6.30. The van der Waals surface area contributed by atoms with Gasteiger partial charge in [-0.15, -0.1) is 0 Å². The molecule has 0 spiro atoms. The van der Waals surface area contributed by atoms with Crippen LogP contribution in [0.3, 0.4) is 0 Å². The topological polar surface area (TPSA) is 50.8 Å². The second-order valence-electron chi connectivity index (χ2n) is 7.97. The van der Waals surface area contributed by atoms with Gasteiger partial charge in [0.1, 0.15) is 11.9 Å². The SMILES string of the molecule is O=C(NC1CCOC1)c1cc(Cl)ccc1OC1CCN(C2CCCC2)CC1. The molecule has 2 saturated heterocycles. The number of likely N-dealkylation sites (tertiary alicyclic amines) is 1. The Hall–Kier alpha value is -1.30. The first kappa shape index (κ1) is 19.0. The van der Waals surface area contributed by atoms with Crippen molar-refractivity contribution in [1.29, 1.82) is 0 Å². The largest absolute Gasteiger partial charge is 0.489 e. The molecule has 0 radical (unpaired) electrons. The normalized spacial score (nSPS) is 25.0. The average Bonchev–Trinajstić information content (AvgIpc) is 3.38. The van der Waals surface area contributed by atoms with E-state index in [1.807, 2.05) is 6.07 Å². The minimum absolute atomic E-state index is 0.0685. The zero-order valence-electron chi connectivity index (χ0n) is 15.8. The van der Waals surface area contributed by atoms with Crippen molar-refractivity contribution in [3.05, 3.63) is 28.8 Å². The third-order valence-electron chi connectivity index (χ3n) is 6.06. The Bertz CT molecular complexity index is 649. The van der Waals surface area contributed by atoms with Crippen molar-refractivity contribution in [3.8, 4) is 5.75 Å². The van der Waals surface area contributed by atoms with Crippen LogP contribution >= 0.6 is 11.6 Å². The predicted octanol–water partition coefficient (Wildman–Crippen LogP) is 3.64. The Labute approximate surface area is 166 Å². The molecular formula is C21H29ClN2O3. The number of halogens is 1. The molecule has 4 rings (SSSR count). The van der Waals surface area contributed by atoms with Gasteiger partial charge < -0.3 is 19.7 Å². The van der Waals surface area contributed by atoms with Gasteiger partial charge in [0, 0.05) is 30.8 Å². The number of hydrogen-bond acceptors (Lipinski definition) is 4. The molecule has 2 heterocycles. The van der Waals surface area contributed by atoms with Gasteiger partial charge in [0.15, 0.2) is 0 Å². The van der Waals surface area contributed by atoms with E-state index in [1.165, 1.54) is 25.7 Å². The third kappa shape index (κ3) is 4.76. The van der Waals surface area contributed by atoms with Crippen LogP contribution in [0.25, 0.3) is 0 Å². The molecule has 148 valence electrons. The van der Waals surface area contributed by atoms with Crippen molar-refractivity contribution < 1.29 is 14.3 Å². The highest BCUT2D eigenvalue weighted by atomic mass is 35.5. The molecule has 27 heavy (non-hydrogen) atoms. The highest BCUT2D eigenvalue weighted by Crippen LogP contribution is 2.29. The first-order chi connectivity index (χ1) is 13.2. The maximum atomic E-state index is 12.7. The zero-order chi connectivity index (χ0) is 18.6. The van der Waals surface area contributed by atoms with Crippen LogP contribution < -0.4 is 10.1 Å². The number of nitrogens with one attached hydrogen (secondary N) is 1. The Morgan fingerprint density at radius 3 is 2.63 bits per heavy atom. The molecule has 3 fully saturated rings. The maximum absolute atomic E-state index is 12.7. The minimum atomic E-state index is -0.133. The van der Waals surface area contributed by atoms with E-state index >= 15 is 0 Å². The standard InChI is InChI=1S/C21H29ClN2O3/c22-15-5-6-20(19(13-15)21(25)23-16-9-12-26-14-16)27-18-7-10-24(11-8-18)17-3-1-2-4-17/h5-6,13,16-18H,1-4,7-12,14H2,(H,23,25). The summed E-state index contributed by atoms with van der Waals surface area (Å²) < 4.78 is 11.6. The second-order valence-corrected chi connectivity index (χ2v) is 8.40. The van der Waals surface area contributed by atoms with Crippen molar-refractivity contribution >= 4 is 17.5 Å². The average molecular weight is 393 g/mol. The quantitative estimate of drug-likeness (QED) is 0.831. The summed E-state index contributed by atoms with van der Waals surface area (Å²) in [5.41, 5.74) is 0.521. The van der Waals surface area contributed by atoms with Gasteiger partial charge >= 0.3 is 0 Å². The lowest BCUT2D eigenvalue weighted by Gasteiger charge is -2.36. The van der Waals surface area contributed by atoms with E-state index in [-0.39, 0.29) is 18.1 Å². The molecule has 0 bridgehead atoms. The molecule has 1 aromatic rings. The monoisotopic (exact) mass is 392 g/mol. The van der Waals surface area contributed by atoms with Crippen molar-refractivity contribution in [3.63, 3.8) is 0 Å². The van der Waals surface area contributed by atoms with E-state index in [9.17, 15) is 4.79 Å². The zero-order valence-corrected chi connectivity index (χ0v) is 16.5. The van der Waals surface area contributed by atoms with Gasteiger partial charge in [0.2, 0.25) is 0 Å². The first-order valence-electron chi connectivity index (χ1n) is 10.3. The number of amides is 1. The minimum Gasteiger partial charge on any atom is -0.489 e. The Balaban J connectivity index is 1.37. The molecular weight excluding hydrogens is 364 g/mol. The van der Waals surface area contributed by atoms with E-state index in [2.05, 4.69) is 10.2 Å². The fourth-order valence-electron chi connectivity index (χ4n) is 4.50. The number of ether oxygens (including phenoxy) is 2. The fourth-order valence-corrected chi connectivity index (χ4v) is 4.67. The Morgan fingerprint density at radius 1 is 1.15 bits per heavy atom. The highest BCUT2D eigenvalue weighted by molar-refractivity contribution is 6.31. The molecule has 1 atom stereocenters. The van der Waals surface area contributed by atoms with Gasteiger partial charge in [-0.3, -0.25) is 4.79 Å². The summed E-state index contributed by atoms with van der Waals surface area (Å²) in [5.74, 6) is 0.501. The lowest BCUT2D eigenvalue weighted by molar-refractivity contribution is 0.0748. The van der Waals surface area contributed by atoms with E-state index < -0.39 is 0 Å². The van der Waals surface area contributed by atoms with E-state index in [0.717, 1.165) is 38.4 Å². The predicted molar refractivity (Wildman–Crippen MR) is 106 cm³/mol. The van der Waals surface area contributed by atoms with Crippen molar-refractivity contribution in [2.75, 3.05) is 26.3 Å². The summed E-state index contributed by atoms with van der Waals surface area (Å²) in [6.45, 7) is 3.44. The summed E-state index contributed by atoms with van der Waals surface area (Å²) in [5, 5.41) is 3.58. The maximum Gasteiger partial charge on any atom is 0.255 e. The molecule has 1 N–H and O–H groups in total. The van der Waals surface area contributed by atoms with Crippen LogP contribution in [0.2, 0.25) is 5.02 Å². The molecule has 1 aromatic carbocycles. The van der Waals surface area contributed by atoms with Crippen LogP contribution in [0.1, 0.15) is 55.3 Å². The van der Waals surface area contributed by atoms with E-state index in [1.54, 1.807) is 12.1 Å². The van der Waals surface area contributed by atoms with Gasteiger partial charge in [-0.25, -0.2) is 0 Å². The Kier molecular flexibility index (Phi) is 6.21. The number of benzene rings is 1. The molecule has 5 nitrogen and oxygen atoms in total. The van der Waals surface area contributed by atoms with Crippen LogP contribution in [0, 0.1) is 0 Å². The van der Waals surface area contributed by atoms with Crippen LogP contribution in [-0.4, -0.2) is 55.3 Å². The van der Waals surface area contributed by atoms with Crippen LogP contribution in [0.5, 0.6) is 5.75 Å². The summed E-state index contributed by atoms with van der Waals surface area (Å²) >= 11 is 6.15. The van der Waals surface area contributed by atoms with E-state index in [4.69, 9.17) is 21.1 Å². The summed E-state index contributed by atoms with van der Waals surface area (Å²) in [4.78, 5) is 15.4. The molecule has 3 aliphatic rings. The van der Waals surface area contributed by atoms with Crippen LogP contribution in [-0.2, 0) is 4.74 Å². The molecule has 0 aromatic heterocycles. The van der Waals surface area contributed by atoms with Gasteiger partial charge in [0.05, 0.1) is 18.2 Å². The highest BCUT2D eigenvalue weighted by Gasteiger charge is 2.29. The molecule has 1 saturated carbocycles. The summed E-state index contributed by atoms with van der Waals surface area (Å²) in [6, 6.07) is 6.16. The number of piperidine rings is 1. The van der Waals surface area contributed by atoms with Crippen molar-refractivity contribution in [2.45, 2.75) is 63.1 Å². The van der Waals surface area contributed by atoms with E-state index in [0.29, 0.717) is 29.5 Å². The van der Waals surface area contributed by atoms with Crippen molar-refractivity contribution in [1.82, 2.24) is 10.2 Å².